The molecule has 3 aromatic rings. The summed E-state index contributed by atoms with van der Waals surface area (Å²) in [4.78, 5) is 14.0. The molecule has 1 aliphatic rings. The Morgan fingerprint density at radius 2 is 2.19 bits per heavy atom. The zero-order valence-corrected chi connectivity index (χ0v) is 12.2. The first-order chi connectivity index (χ1) is 10.3. The van der Waals surface area contributed by atoms with Crippen molar-refractivity contribution in [3.05, 3.63) is 53.1 Å². The molecule has 104 valence electrons. The van der Waals surface area contributed by atoms with Crippen molar-refractivity contribution in [1.82, 2.24) is 15.0 Å². The highest BCUT2D eigenvalue weighted by atomic mass is 32.1. The Labute approximate surface area is 126 Å². The zero-order valence-electron chi connectivity index (χ0n) is 11.4. The standard InChI is InChI=1S/C16H14N4S/c17-16-15-11(3-1-2-4-12(15)19-9-20-16)14-7-10-8-18-6-5-13(10)21-14/h3,5-9H,1-2,4H2,(H2,17,19,20). The Bertz CT molecular complexity index is 817. The van der Waals surface area contributed by atoms with Crippen molar-refractivity contribution in [1.29, 1.82) is 0 Å². The molecule has 3 aromatic heterocycles. The molecule has 0 saturated carbocycles. The van der Waals surface area contributed by atoms with Gasteiger partial charge in [-0.25, -0.2) is 9.97 Å². The van der Waals surface area contributed by atoms with Crippen molar-refractivity contribution in [3.63, 3.8) is 0 Å². The first-order valence-corrected chi connectivity index (χ1v) is 7.78. The normalized spacial score (nSPS) is 14.6. The molecule has 0 atom stereocenters. The van der Waals surface area contributed by atoms with E-state index >= 15 is 0 Å². The molecule has 0 aliphatic heterocycles. The number of aryl methyl sites for hydroxylation is 1. The smallest absolute Gasteiger partial charge is 0.134 e. The number of hydrogen-bond acceptors (Lipinski definition) is 5. The molecule has 3 heterocycles. The molecule has 0 amide bonds. The molecule has 2 N–H and O–H groups in total. The molecule has 5 heteroatoms. The van der Waals surface area contributed by atoms with Gasteiger partial charge < -0.3 is 5.73 Å². The summed E-state index contributed by atoms with van der Waals surface area (Å²) < 4.78 is 1.24. The van der Waals surface area contributed by atoms with Gasteiger partial charge >= 0.3 is 0 Å². The molecule has 0 aromatic carbocycles. The van der Waals surface area contributed by atoms with E-state index in [1.165, 1.54) is 20.5 Å². The topological polar surface area (TPSA) is 64.7 Å². The van der Waals surface area contributed by atoms with Crippen LogP contribution in [0.15, 0.2) is 36.9 Å². The van der Waals surface area contributed by atoms with Gasteiger partial charge in [0.05, 0.1) is 5.69 Å². The molecule has 0 bridgehead atoms. The van der Waals surface area contributed by atoms with Crippen molar-refractivity contribution < 1.29 is 0 Å². The van der Waals surface area contributed by atoms with Crippen molar-refractivity contribution in [2.24, 2.45) is 0 Å². The molecule has 0 unspecified atom stereocenters. The lowest BCUT2D eigenvalue weighted by Gasteiger charge is -2.10. The Hall–Kier alpha value is -2.27. The van der Waals surface area contributed by atoms with Crippen LogP contribution in [0, 0.1) is 0 Å². The predicted octanol–water partition coefficient (Wildman–Crippen LogP) is 3.44. The maximum atomic E-state index is 6.13. The second kappa shape index (κ2) is 4.93. The second-order valence-corrected chi connectivity index (χ2v) is 6.20. The fourth-order valence-corrected chi connectivity index (χ4v) is 3.86. The maximum Gasteiger partial charge on any atom is 0.134 e. The highest BCUT2D eigenvalue weighted by Crippen LogP contribution is 2.38. The van der Waals surface area contributed by atoms with Crippen LogP contribution in [0.3, 0.4) is 0 Å². The average molecular weight is 294 g/mol. The van der Waals surface area contributed by atoms with E-state index in [1.807, 2.05) is 18.5 Å². The van der Waals surface area contributed by atoms with E-state index in [2.05, 4.69) is 27.1 Å². The fourth-order valence-electron chi connectivity index (χ4n) is 2.78. The van der Waals surface area contributed by atoms with Crippen molar-refractivity contribution in [3.8, 4) is 0 Å². The fraction of sp³-hybridized carbons (Fsp3) is 0.188. The van der Waals surface area contributed by atoms with Crippen LogP contribution in [0.2, 0.25) is 0 Å². The molecule has 0 fully saturated rings. The number of rotatable bonds is 1. The van der Waals surface area contributed by atoms with E-state index in [9.17, 15) is 0 Å². The van der Waals surface area contributed by atoms with Crippen LogP contribution in [-0.2, 0) is 6.42 Å². The lowest BCUT2D eigenvalue weighted by molar-refractivity contribution is 0.822. The molecule has 21 heavy (non-hydrogen) atoms. The van der Waals surface area contributed by atoms with E-state index in [1.54, 1.807) is 17.7 Å². The Morgan fingerprint density at radius 1 is 1.24 bits per heavy atom. The van der Waals surface area contributed by atoms with Crippen molar-refractivity contribution >= 4 is 32.8 Å². The summed E-state index contributed by atoms with van der Waals surface area (Å²) >= 11 is 1.77. The maximum absolute atomic E-state index is 6.13. The highest BCUT2D eigenvalue weighted by molar-refractivity contribution is 7.20. The summed E-state index contributed by atoms with van der Waals surface area (Å²) in [5.74, 6) is 0.573. The van der Waals surface area contributed by atoms with Crippen LogP contribution in [-0.4, -0.2) is 15.0 Å². The number of pyridine rings is 1. The number of thiophene rings is 1. The van der Waals surface area contributed by atoms with Crippen LogP contribution >= 0.6 is 11.3 Å². The lowest BCUT2D eigenvalue weighted by Crippen LogP contribution is -2.03. The summed E-state index contributed by atoms with van der Waals surface area (Å²) in [5.41, 5.74) is 9.37. The predicted molar refractivity (Wildman–Crippen MR) is 86.1 cm³/mol. The minimum atomic E-state index is 0.573. The summed E-state index contributed by atoms with van der Waals surface area (Å²) in [6, 6.07) is 4.23. The van der Waals surface area contributed by atoms with E-state index < -0.39 is 0 Å². The molecule has 0 spiro atoms. The third-order valence-corrected chi connectivity index (χ3v) is 4.92. The first kappa shape index (κ1) is 12.5. The van der Waals surface area contributed by atoms with Gasteiger partial charge in [0.25, 0.3) is 0 Å². The number of nitrogens with two attached hydrogens (primary N) is 1. The molecular formula is C16H14N4S. The van der Waals surface area contributed by atoms with Crippen molar-refractivity contribution in [2.75, 3.05) is 5.73 Å². The van der Waals surface area contributed by atoms with E-state index in [0.717, 1.165) is 30.5 Å². The molecule has 1 aliphatic carbocycles. The van der Waals surface area contributed by atoms with Crippen LogP contribution in [0.4, 0.5) is 5.82 Å². The largest absolute Gasteiger partial charge is 0.383 e. The Kier molecular flexibility index (Phi) is 2.93. The van der Waals surface area contributed by atoms with Gasteiger partial charge in [0.15, 0.2) is 0 Å². The summed E-state index contributed by atoms with van der Waals surface area (Å²) in [7, 11) is 0. The van der Waals surface area contributed by atoms with Crippen LogP contribution in [0.1, 0.15) is 29.0 Å². The number of fused-ring (bicyclic) bond motifs is 2. The van der Waals surface area contributed by atoms with Gasteiger partial charge in [-0.15, -0.1) is 11.3 Å². The van der Waals surface area contributed by atoms with Gasteiger partial charge in [0.2, 0.25) is 0 Å². The number of nitrogens with zero attached hydrogens (tertiary/aromatic N) is 3. The third-order valence-electron chi connectivity index (χ3n) is 3.77. The van der Waals surface area contributed by atoms with E-state index in [-0.39, 0.29) is 0 Å². The van der Waals surface area contributed by atoms with Gasteiger partial charge in [-0.3, -0.25) is 4.98 Å². The summed E-state index contributed by atoms with van der Waals surface area (Å²) in [5, 5.41) is 1.17. The SMILES string of the molecule is Nc1ncnc2c1C(c1cc3cnccc3s1)=CCCC2. The number of allylic oxidation sites excluding steroid dienone is 1. The summed E-state index contributed by atoms with van der Waals surface area (Å²) in [6.45, 7) is 0. The summed E-state index contributed by atoms with van der Waals surface area (Å²) in [6.07, 6.45) is 10.6. The minimum absolute atomic E-state index is 0.573. The van der Waals surface area contributed by atoms with Crippen LogP contribution < -0.4 is 5.73 Å². The molecular weight excluding hydrogens is 280 g/mol. The van der Waals surface area contributed by atoms with E-state index in [4.69, 9.17) is 5.73 Å². The quantitative estimate of drug-likeness (QED) is 0.746. The monoisotopic (exact) mass is 294 g/mol. The van der Waals surface area contributed by atoms with Gasteiger partial charge in [0, 0.05) is 38.5 Å². The number of anilines is 1. The number of hydrogen-bond donors (Lipinski definition) is 1. The molecule has 4 nitrogen and oxygen atoms in total. The molecule has 4 rings (SSSR count). The van der Waals surface area contributed by atoms with Crippen LogP contribution in [0.25, 0.3) is 15.7 Å². The van der Waals surface area contributed by atoms with Gasteiger partial charge in [0.1, 0.15) is 12.1 Å². The third kappa shape index (κ3) is 2.10. The Balaban J connectivity index is 1.94. The average Bonchev–Trinajstić information content (AvgIpc) is 2.80. The second-order valence-electron chi connectivity index (χ2n) is 5.11. The number of aromatic nitrogens is 3. The first-order valence-electron chi connectivity index (χ1n) is 6.97. The lowest BCUT2D eigenvalue weighted by atomic mass is 10.0. The minimum Gasteiger partial charge on any atom is -0.383 e. The number of nitrogen functional groups attached to an aromatic ring is 1. The van der Waals surface area contributed by atoms with Gasteiger partial charge in [-0.2, -0.15) is 0 Å². The molecule has 0 saturated heterocycles. The highest BCUT2D eigenvalue weighted by Gasteiger charge is 2.19. The van der Waals surface area contributed by atoms with Gasteiger partial charge in [-0.05, 0) is 31.4 Å². The van der Waals surface area contributed by atoms with E-state index in [0.29, 0.717) is 5.82 Å². The zero-order chi connectivity index (χ0) is 14.2. The van der Waals surface area contributed by atoms with Crippen molar-refractivity contribution in [2.45, 2.75) is 19.3 Å². The molecule has 0 radical (unpaired) electrons. The van der Waals surface area contributed by atoms with Gasteiger partial charge in [-0.1, -0.05) is 6.08 Å². The Morgan fingerprint density at radius 3 is 3.10 bits per heavy atom. The van der Waals surface area contributed by atoms with Crippen LogP contribution in [0.5, 0.6) is 0 Å².